The smallest absolute Gasteiger partial charge is 0.307 e. The molecule has 0 aliphatic carbocycles. The Hall–Kier alpha value is -2.28. The zero-order chi connectivity index (χ0) is 15.1. The van der Waals surface area contributed by atoms with E-state index in [1.807, 2.05) is 17.0 Å². The predicted octanol–water partition coefficient (Wildman–Crippen LogP) is 1.04. The number of nitrogens with zero attached hydrogens (tertiary/aromatic N) is 4. The van der Waals surface area contributed by atoms with Crippen molar-refractivity contribution in [2.24, 2.45) is 0 Å². The van der Waals surface area contributed by atoms with Gasteiger partial charge in [0.25, 0.3) is 0 Å². The highest BCUT2D eigenvalue weighted by molar-refractivity contribution is 5.72. The van der Waals surface area contributed by atoms with Crippen LogP contribution in [0.25, 0.3) is 11.2 Å². The maximum Gasteiger partial charge on any atom is 0.307 e. The molecule has 7 nitrogen and oxygen atoms in total. The van der Waals surface area contributed by atoms with Gasteiger partial charge in [-0.3, -0.25) is 9.78 Å². The van der Waals surface area contributed by atoms with Gasteiger partial charge in [0.15, 0.2) is 5.65 Å². The van der Waals surface area contributed by atoms with Crippen molar-refractivity contribution < 1.29 is 14.3 Å². The fraction of sp³-hybridized carbons (Fsp3) is 0.429. The van der Waals surface area contributed by atoms with Gasteiger partial charge >= 0.3 is 5.97 Å². The zero-order valence-electron chi connectivity index (χ0n) is 12.2. The van der Waals surface area contributed by atoms with Crippen molar-refractivity contribution in [2.75, 3.05) is 38.8 Å². The normalized spacial score (nSPS) is 10.6. The first-order valence-corrected chi connectivity index (χ1v) is 6.63. The summed E-state index contributed by atoms with van der Waals surface area (Å²) in [5.41, 5.74) is 1.32. The Bertz CT molecular complexity index is 606. The SMILES string of the molecule is COCCN(CCC(=O)OC)c1ccc2nccnc2n1. The van der Waals surface area contributed by atoms with Crippen LogP contribution in [0.2, 0.25) is 0 Å². The highest BCUT2D eigenvalue weighted by Gasteiger charge is 2.11. The van der Waals surface area contributed by atoms with E-state index in [1.54, 1.807) is 19.5 Å². The summed E-state index contributed by atoms with van der Waals surface area (Å²) in [4.78, 5) is 26.1. The lowest BCUT2D eigenvalue weighted by Crippen LogP contribution is -2.30. The number of pyridine rings is 1. The predicted molar refractivity (Wildman–Crippen MR) is 78.1 cm³/mol. The van der Waals surface area contributed by atoms with Crippen molar-refractivity contribution >= 4 is 23.0 Å². The first kappa shape index (κ1) is 15.1. The van der Waals surface area contributed by atoms with Gasteiger partial charge in [0, 0.05) is 32.6 Å². The second-order valence-electron chi connectivity index (χ2n) is 4.37. The van der Waals surface area contributed by atoms with Gasteiger partial charge in [-0.2, -0.15) is 0 Å². The average Bonchev–Trinajstić information content (AvgIpc) is 2.54. The summed E-state index contributed by atoms with van der Waals surface area (Å²) in [6.45, 7) is 1.68. The first-order valence-electron chi connectivity index (χ1n) is 6.63. The lowest BCUT2D eigenvalue weighted by atomic mass is 10.3. The van der Waals surface area contributed by atoms with Gasteiger partial charge in [-0.1, -0.05) is 0 Å². The summed E-state index contributed by atoms with van der Waals surface area (Å²) in [6, 6.07) is 3.73. The molecule has 21 heavy (non-hydrogen) atoms. The van der Waals surface area contributed by atoms with Crippen LogP contribution < -0.4 is 4.90 Å². The summed E-state index contributed by atoms with van der Waals surface area (Å²) < 4.78 is 9.77. The molecular formula is C14H18N4O3. The number of esters is 1. The van der Waals surface area contributed by atoms with Gasteiger partial charge in [-0.25, -0.2) is 9.97 Å². The topological polar surface area (TPSA) is 77.4 Å². The Kier molecular flexibility index (Phi) is 5.39. The standard InChI is InChI=1S/C14H18N4O3/c1-20-10-9-18(8-5-13(19)21-2)12-4-3-11-14(17-12)16-7-6-15-11/h3-4,6-7H,5,8-10H2,1-2H3. The summed E-state index contributed by atoms with van der Waals surface area (Å²) in [5, 5.41) is 0. The number of hydrogen-bond donors (Lipinski definition) is 0. The lowest BCUT2D eigenvalue weighted by Gasteiger charge is -2.22. The van der Waals surface area contributed by atoms with E-state index in [0.717, 1.165) is 11.3 Å². The number of carbonyl (C=O) groups is 1. The lowest BCUT2D eigenvalue weighted by molar-refractivity contribution is -0.140. The molecule has 0 spiro atoms. The molecule has 2 rings (SSSR count). The third-order valence-electron chi connectivity index (χ3n) is 3.02. The average molecular weight is 290 g/mol. The fourth-order valence-electron chi connectivity index (χ4n) is 1.89. The molecule has 0 aromatic carbocycles. The van der Waals surface area contributed by atoms with Gasteiger partial charge in [-0.05, 0) is 12.1 Å². The maximum absolute atomic E-state index is 11.3. The van der Waals surface area contributed by atoms with Crippen LogP contribution in [0.15, 0.2) is 24.5 Å². The number of fused-ring (bicyclic) bond motifs is 1. The first-order chi connectivity index (χ1) is 10.2. The zero-order valence-corrected chi connectivity index (χ0v) is 12.2. The highest BCUT2D eigenvalue weighted by Crippen LogP contribution is 2.15. The van der Waals surface area contributed by atoms with E-state index < -0.39 is 0 Å². The van der Waals surface area contributed by atoms with Crippen LogP contribution in [0, 0.1) is 0 Å². The maximum atomic E-state index is 11.3. The molecule has 0 bridgehead atoms. The molecule has 0 saturated carbocycles. The van der Waals surface area contributed by atoms with Gasteiger partial charge in [0.1, 0.15) is 11.3 Å². The van der Waals surface area contributed by atoms with E-state index in [0.29, 0.717) is 31.8 Å². The van der Waals surface area contributed by atoms with Gasteiger partial charge in [-0.15, -0.1) is 0 Å². The van der Waals surface area contributed by atoms with Crippen LogP contribution in [-0.4, -0.2) is 54.8 Å². The second-order valence-corrected chi connectivity index (χ2v) is 4.37. The van der Waals surface area contributed by atoms with Gasteiger partial charge < -0.3 is 14.4 Å². The Morgan fingerprint density at radius 2 is 2.00 bits per heavy atom. The molecule has 2 heterocycles. The van der Waals surface area contributed by atoms with Crippen molar-refractivity contribution in [1.82, 2.24) is 15.0 Å². The number of rotatable bonds is 7. The van der Waals surface area contributed by atoms with Crippen molar-refractivity contribution in [3.8, 4) is 0 Å². The Labute approximate surface area is 122 Å². The third-order valence-corrected chi connectivity index (χ3v) is 3.02. The Morgan fingerprint density at radius 3 is 2.76 bits per heavy atom. The molecule has 0 amide bonds. The summed E-state index contributed by atoms with van der Waals surface area (Å²) in [6.07, 6.45) is 3.52. The number of carbonyl (C=O) groups excluding carboxylic acids is 1. The molecule has 112 valence electrons. The van der Waals surface area contributed by atoms with E-state index >= 15 is 0 Å². The van der Waals surface area contributed by atoms with Crippen LogP contribution in [0.1, 0.15) is 6.42 Å². The van der Waals surface area contributed by atoms with E-state index in [4.69, 9.17) is 4.74 Å². The number of ether oxygens (including phenoxy) is 2. The quantitative estimate of drug-likeness (QED) is 0.705. The molecule has 0 radical (unpaired) electrons. The summed E-state index contributed by atoms with van der Waals surface area (Å²) in [7, 11) is 3.02. The van der Waals surface area contributed by atoms with Crippen LogP contribution >= 0.6 is 0 Å². The number of hydrogen-bond acceptors (Lipinski definition) is 7. The molecule has 0 fully saturated rings. The molecule has 0 saturated heterocycles. The largest absolute Gasteiger partial charge is 0.469 e. The highest BCUT2D eigenvalue weighted by atomic mass is 16.5. The van der Waals surface area contributed by atoms with Crippen LogP contribution in [0.4, 0.5) is 5.82 Å². The van der Waals surface area contributed by atoms with Gasteiger partial charge in [0.2, 0.25) is 0 Å². The fourth-order valence-corrected chi connectivity index (χ4v) is 1.89. The number of methoxy groups -OCH3 is 2. The Morgan fingerprint density at radius 1 is 1.19 bits per heavy atom. The molecule has 0 unspecified atom stereocenters. The van der Waals surface area contributed by atoms with Crippen molar-refractivity contribution in [3.63, 3.8) is 0 Å². The van der Waals surface area contributed by atoms with Crippen molar-refractivity contribution in [3.05, 3.63) is 24.5 Å². The second kappa shape index (κ2) is 7.49. The molecule has 0 aliphatic heterocycles. The molecular weight excluding hydrogens is 272 g/mol. The molecule has 0 atom stereocenters. The van der Waals surface area contributed by atoms with Crippen molar-refractivity contribution in [1.29, 1.82) is 0 Å². The minimum atomic E-state index is -0.252. The van der Waals surface area contributed by atoms with Crippen LogP contribution in [0.5, 0.6) is 0 Å². The molecule has 2 aromatic rings. The van der Waals surface area contributed by atoms with Gasteiger partial charge in [0.05, 0.1) is 20.1 Å². The molecule has 7 heteroatoms. The number of anilines is 1. The third kappa shape index (κ3) is 4.09. The molecule has 0 aliphatic rings. The minimum Gasteiger partial charge on any atom is -0.469 e. The van der Waals surface area contributed by atoms with Crippen molar-refractivity contribution in [2.45, 2.75) is 6.42 Å². The Balaban J connectivity index is 2.18. The molecule has 0 N–H and O–H groups in total. The monoisotopic (exact) mass is 290 g/mol. The minimum absolute atomic E-state index is 0.252. The summed E-state index contributed by atoms with van der Waals surface area (Å²) >= 11 is 0. The van der Waals surface area contributed by atoms with E-state index in [-0.39, 0.29) is 5.97 Å². The molecule has 2 aromatic heterocycles. The van der Waals surface area contributed by atoms with Crippen LogP contribution in [0.3, 0.4) is 0 Å². The van der Waals surface area contributed by atoms with E-state index in [1.165, 1.54) is 7.11 Å². The van der Waals surface area contributed by atoms with E-state index in [2.05, 4.69) is 19.7 Å². The van der Waals surface area contributed by atoms with Crippen LogP contribution in [-0.2, 0) is 14.3 Å². The summed E-state index contributed by atoms with van der Waals surface area (Å²) in [5.74, 6) is 0.488. The number of aromatic nitrogens is 3. The van der Waals surface area contributed by atoms with E-state index in [9.17, 15) is 4.79 Å².